The Bertz CT molecular complexity index is 457. The van der Waals surface area contributed by atoms with Gasteiger partial charge in [0.15, 0.2) is 0 Å². The predicted molar refractivity (Wildman–Crippen MR) is 83.5 cm³/mol. The van der Waals surface area contributed by atoms with Crippen LogP contribution in [0.3, 0.4) is 0 Å². The lowest BCUT2D eigenvalue weighted by molar-refractivity contribution is 0.291. The lowest BCUT2D eigenvalue weighted by Crippen LogP contribution is -2.41. The Kier molecular flexibility index (Phi) is 4.30. The van der Waals surface area contributed by atoms with Crippen LogP contribution in [-0.4, -0.2) is 48.7 Å². The Balaban J connectivity index is 2.29. The van der Waals surface area contributed by atoms with E-state index in [9.17, 15) is 0 Å². The van der Waals surface area contributed by atoms with Crippen molar-refractivity contribution in [3.63, 3.8) is 0 Å². The van der Waals surface area contributed by atoms with Gasteiger partial charge in [0.2, 0.25) is 17.8 Å². The summed E-state index contributed by atoms with van der Waals surface area (Å²) in [5.74, 6) is 2.14. The number of piperidine rings is 1. The Morgan fingerprint density at radius 2 is 2.00 bits per heavy atom. The molecule has 1 aromatic heterocycles. The molecular weight excluding hydrogens is 252 g/mol. The van der Waals surface area contributed by atoms with E-state index in [1.54, 1.807) is 0 Å². The van der Waals surface area contributed by atoms with Crippen molar-refractivity contribution in [3.8, 4) is 0 Å². The van der Waals surface area contributed by atoms with Gasteiger partial charge in [-0.2, -0.15) is 15.0 Å². The zero-order valence-electron chi connectivity index (χ0n) is 13.3. The van der Waals surface area contributed by atoms with Crippen LogP contribution in [-0.2, 0) is 0 Å². The van der Waals surface area contributed by atoms with Gasteiger partial charge in [0.05, 0.1) is 0 Å². The van der Waals surface area contributed by atoms with Crippen molar-refractivity contribution >= 4 is 17.8 Å². The number of anilines is 3. The average molecular weight is 278 g/mol. The summed E-state index contributed by atoms with van der Waals surface area (Å²) in [6.07, 6.45) is 2.45. The normalized spacial score (nSPS) is 17.9. The largest absolute Gasteiger partial charge is 0.354 e. The fourth-order valence-corrected chi connectivity index (χ4v) is 2.53. The molecule has 0 aromatic carbocycles. The van der Waals surface area contributed by atoms with Gasteiger partial charge < -0.3 is 15.1 Å². The zero-order valence-corrected chi connectivity index (χ0v) is 13.3. The molecule has 20 heavy (non-hydrogen) atoms. The summed E-state index contributed by atoms with van der Waals surface area (Å²) < 4.78 is 0. The topological polar surface area (TPSA) is 57.2 Å². The first-order valence-corrected chi connectivity index (χ1v) is 7.33. The van der Waals surface area contributed by atoms with Crippen molar-refractivity contribution in [1.29, 1.82) is 0 Å². The van der Waals surface area contributed by atoms with Gasteiger partial charge in [-0.25, -0.2) is 0 Å². The molecule has 0 atom stereocenters. The molecule has 1 saturated heterocycles. The first kappa shape index (κ1) is 14.8. The van der Waals surface area contributed by atoms with Crippen LogP contribution in [0.25, 0.3) is 0 Å². The zero-order chi connectivity index (χ0) is 14.8. The van der Waals surface area contributed by atoms with Gasteiger partial charge in [-0.1, -0.05) is 13.8 Å². The van der Waals surface area contributed by atoms with Gasteiger partial charge in [-0.3, -0.25) is 0 Å². The van der Waals surface area contributed by atoms with Crippen LogP contribution in [0.1, 0.15) is 33.6 Å². The molecule has 1 fully saturated rings. The van der Waals surface area contributed by atoms with Crippen molar-refractivity contribution < 1.29 is 0 Å². The summed E-state index contributed by atoms with van der Waals surface area (Å²) in [6, 6.07) is 0. The molecule has 0 unspecified atom stereocenters. The Labute approximate surface area is 121 Å². The number of hydrogen-bond donors (Lipinski definition) is 1. The van der Waals surface area contributed by atoms with E-state index in [2.05, 4.69) is 39.0 Å². The molecule has 6 nitrogen and oxygen atoms in total. The highest BCUT2D eigenvalue weighted by atomic mass is 15.4. The van der Waals surface area contributed by atoms with E-state index in [-0.39, 0.29) is 0 Å². The molecule has 0 amide bonds. The minimum Gasteiger partial charge on any atom is -0.354 e. The van der Waals surface area contributed by atoms with E-state index in [1.807, 2.05) is 25.9 Å². The summed E-state index contributed by atoms with van der Waals surface area (Å²) >= 11 is 0. The van der Waals surface area contributed by atoms with Crippen molar-refractivity contribution in [1.82, 2.24) is 15.0 Å². The maximum atomic E-state index is 4.59. The minimum atomic E-state index is 0.321. The predicted octanol–water partition coefficient (Wildman–Crippen LogP) is 2.00. The Hall–Kier alpha value is -1.59. The molecule has 1 aliphatic heterocycles. The summed E-state index contributed by atoms with van der Waals surface area (Å²) in [6.45, 7) is 9.47. The highest BCUT2D eigenvalue weighted by molar-refractivity contribution is 5.44. The Morgan fingerprint density at radius 1 is 1.25 bits per heavy atom. The minimum absolute atomic E-state index is 0.321. The maximum Gasteiger partial charge on any atom is 0.231 e. The number of rotatable bonds is 4. The maximum absolute atomic E-state index is 4.59. The molecule has 2 heterocycles. The van der Waals surface area contributed by atoms with Gasteiger partial charge in [0, 0.05) is 33.7 Å². The lowest BCUT2D eigenvalue weighted by atomic mass is 9.84. The van der Waals surface area contributed by atoms with E-state index < -0.39 is 0 Å². The van der Waals surface area contributed by atoms with Crippen LogP contribution in [0.4, 0.5) is 17.8 Å². The summed E-state index contributed by atoms with van der Waals surface area (Å²) in [5, 5.41) is 3.19. The second-order valence-electron chi connectivity index (χ2n) is 6.37. The average Bonchev–Trinajstić information content (AvgIpc) is 2.37. The van der Waals surface area contributed by atoms with Crippen molar-refractivity contribution in [2.24, 2.45) is 5.41 Å². The van der Waals surface area contributed by atoms with Crippen molar-refractivity contribution in [2.75, 3.05) is 48.8 Å². The molecule has 0 bridgehead atoms. The van der Waals surface area contributed by atoms with Crippen LogP contribution in [0.2, 0.25) is 0 Å². The van der Waals surface area contributed by atoms with Crippen LogP contribution in [0, 0.1) is 5.41 Å². The van der Waals surface area contributed by atoms with E-state index in [4.69, 9.17) is 0 Å². The third kappa shape index (κ3) is 3.49. The monoisotopic (exact) mass is 278 g/mol. The number of aromatic nitrogens is 3. The van der Waals surface area contributed by atoms with E-state index in [0.717, 1.165) is 25.6 Å². The second-order valence-corrected chi connectivity index (χ2v) is 6.37. The van der Waals surface area contributed by atoms with Crippen molar-refractivity contribution in [2.45, 2.75) is 33.6 Å². The third-order valence-corrected chi connectivity index (χ3v) is 3.53. The molecule has 1 aromatic rings. The van der Waals surface area contributed by atoms with Gasteiger partial charge in [0.1, 0.15) is 0 Å². The quantitative estimate of drug-likeness (QED) is 0.909. The lowest BCUT2D eigenvalue weighted by Gasteiger charge is -2.38. The fourth-order valence-electron chi connectivity index (χ4n) is 2.53. The molecule has 0 saturated carbocycles. The van der Waals surface area contributed by atoms with Crippen LogP contribution in [0.5, 0.6) is 0 Å². The van der Waals surface area contributed by atoms with E-state index in [1.165, 1.54) is 12.8 Å². The van der Waals surface area contributed by atoms with Crippen molar-refractivity contribution in [3.05, 3.63) is 0 Å². The van der Waals surface area contributed by atoms with Gasteiger partial charge in [0.25, 0.3) is 0 Å². The van der Waals surface area contributed by atoms with E-state index >= 15 is 0 Å². The SMILES string of the molecule is CCNc1nc(N(C)C)nc(N2CCCC(C)(C)C2)n1. The number of hydrogen-bond acceptors (Lipinski definition) is 6. The first-order valence-electron chi connectivity index (χ1n) is 7.33. The molecule has 0 spiro atoms. The van der Waals surface area contributed by atoms with Gasteiger partial charge in [-0.15, -0.1) is 0 Å². The molecule has 1 N–H and O–H groups in total. The van der Waals surface area contributed by atoms with Gasteiger partial charge >= 0.3 is 0 Å². The molecule has 6 heteroatoms. The molecule has 0 aliphatic carbocycles. The summed E-state index contributed by atoms with van der Waals surface area (Å²) in [5.41, 5.74) is 0.321. The van der Waals surface area contributed by atoms with Crippen LogP contribution >= 0.6 is 0 Å². The summed E-state index contributed by atoms with van der Waals surface area (Å²) in [7, 11) is 3.91. The fraction of sp³-hybridized carbons (Fsp3) is 0.786. The second kappa shape index (κ2) is 5.81. The number of nitrogens with zero attached hydrogens (tertiary/aromatic N) is 5. The van der Waals surface area contributed by atoms with Gasteiger partial charge in [-0.05, 0) is 25.2 Å². The number of nitrogens with one attached hydrogen (secondary N) is 1. The molecule has 112 valence electrons. The highest BCUT2D eigenvalue weighted by Crippen LogP contribution is 2.30. The van der Waals surface area contributed by atoms with E-state index in [0.29, 0.717) is 17.3 Å². The molecule has 2 rings (SSSR count). The highest BCUT2D eigenvalue weighted by Gasteiger charge is 2.28. The molecular formula is C14H26N6. The smallest absolute Gasteiger partial charge is 0.231 e. The molecule has 1 aliphatic rings. The first-order chi connectivity index (χ1) is 9.41. The third-order valence-electron chi connectivity index (χ3n) is 3.53. The summed E-state index contributed by atoms with van der Waals surface area (Å²) in [4.78, 5) is 17.8. The molecule has 0 radical (unpaired) electrons. The Morgan fingerprint density at radius 3 is 2.60 bits per heavy atom. The van der Waals surface area contributed by atoms with Crippen LogP contribution in [0.15, 0.2) is 0 Å². The standard InChI is InChI=1S/C14H26N6/c1-6-15-11-16-12(19(4)5)18-13(17-11)20-9-7-8-14(2,3)10-20/h6-10H2,1-5H3,(H,15,16,17,18). The van der Waals surface area contributed by atoms with Crippen LogP contribution < -0.4 is 15.1 Å².